The number of hydrogen-bond donors (Lipinski definition) is 1. The Bertz CT molecular complexity index is 1640. The molecule has 0 aliphatic carbocycles. The number of nitrogens with one attached hydrogen (secondary N) is 1. The number of thiocarbonyl (C=S) groups is 1. The van der Waals surface area contributed by atoms with Crippen molar-refractivity contribution in [1.29, 1.82) is 0 Å². The molecule has 3 heterocycles. The third-order valence-electron chi connectivity index (χ3n) is 9.18. The molecule has 1 aromatic heterocycles. The zero-order valence-corrected chi connectivity index (χ0v) is 32.1. The highest BCUT2D eigenvalue weighted by atomic mass is 32.1. The molecule has 0 radical (unpaired) electrons. The van der Waals surface area contributed by atoms with Crippen LogP contribution < -0.4 is 15.7 Å². The Kier molecular flexibility index (Phi) is 11.6. The van der Waals surface area contributed by atoms with Crippen LogP contribution in [0, 0.1) is 0 Å². The predicted molar refractivity (Wildman–Crippen MR) is 195 cm³/mol. The summed E-state index contributed by atoms with van der Waals surface area (Å²) in [4.78, 5) is 30.6. The first-order chi connectivity index (χ1) is 23.3. The van der Waals surface area contributed by atoms with E-state index in [1.54, 1.807) is 42.5 Å². The number of amides is 1. The zero-order chi connectivity index (χ0) is 35.5. The minimum Gasteiger partial charge on any atom is -0.446 e. The van der Waals surface area contributed by atoms with Crippen molar-refractivity contribution in [3.05, 3.63) is 89.0 Å². The Hall–Kier alpha value is -3.25. The van der Waals surface area contributed by atoms with E-state index in [-0.39, 0.29) is 45.7 Å². The molecule has 2 aliphatic heterocycles. The lowest BCUT2D eigenvalue weighted by molar-refractivity contribution is -0.0598. The number of fused-ring (bicyclic) bond motifs is 1. The van der Waals surface area contributed by atoms with E-state index in [0.717, 1.165) is 0 Å². The number of carbonyl (C=O) groups excluding carboxylic acids is 1. The summed E-state index contributed by atoms with van der Waals surface area (Å²) in [6, 6.07) is 19.3. The minimum absolute atomic E-state index is 0.0448. The highest BCUT2D eigenvalue weighted by molar-refractivity contribution is 7.79. The summed E-state index contributed by atoms with van der Waals surface area (Å²) < 4.78 is 41.8. The first-order valence-corrected chi connectivity index (χ1v) is 21.2. The van der Waals surface area contributed by atoms with Crippen molar-refractivity contribution in [2.24, 2.45) is 0 Å². The van der Waals surface area contributed by atoms with E-state index in [2.05, 4.69) is 65.7 Å². The van der Waals surface area contributed by atoms with E-state index in [1.165, 1.54) is 10.8 Å². The lowest BCUT2D eigenvalue weighted by atomic mass is 10.2. The maximum absolute atomic E-state index is 13.7. The summed E-state index contributed by atoms with van der Waals surface area (Å²) in [6.45, 7) is 17.3. The van der Waals surface area contributed by atoms with Gasteiger partial charge in [-0.1, -0.05) is 91.8 Å². The number of carbonyl (C=O) groups is 1. The molecule has 2 fully saturated rings. The molecule has 2 aliphatic rings. The van der Waals surface area contributed by atoms with Gasteiger partial charge in [0.2, 0.25) is 0 Å². The van der Waals surface area contributed by atoms with Crippen molar-refractivity contribution < 1.29 is 32.0 Å². The van der Waals surface area contributed by atoms with Gasteiger partial charge in [-0.2, -0.15) is 4.98 Å². The van der Waals surface area contributed by atoms with E-state index < -0.39 is 47.4 Å². The molecule has 5 rings (SSSR count). The Morgan fingerprint density at radius 1 is 0.898 bits per heavy atom. The SMILES string of the molecule is CC(C)[Si]1(C(C)C)O[13CH2][C@H]2O[C@@H](n3ccc(NC(=O)c4ccccc4)nc3=O)[C@H](OC(=S)Oc3ccccc3)[C@@H]2O[Si](C(C)C)(C(C)C)O1. The summed E-state index contributed by atoms with van der Waals surface area (Å²) >= 11 is 5.59. The number of ether oxygens (including phenoxy) is 3. The number of rotatable bonds is 9. The molecule has 14 heteroatoms. The van der Waals surface area contributed by atoms with Crippen LogP contribution in [0.2, 0.25) is 22.2 Å². The van der Waals surface area contributed by atoms with E-state index in [4.69, 9.17) is 39.4 Å². The molecule has 2 saturated heterocycles. The molecule has 0 spiro atoms. The third-order valence-corrected chi connectivity index (χ3v) is 19.6. The molecule has 0 unspecified atom stereocenters. The lowest BCUT2D eigenvalue weighted by Gasteiger charge is -2.51. The monoisotopic (exact) mass is 726 g/mol. The van der Waals surface area contributed by atoms with Gasteiger partial charge in [-0.05, 0) is 52.5 Å². The van der Waals surface area contributed by atoms with Crippen LogP contribution in [-0.4, -0.2) is 62.7 Å². The summed E-state index contributed by atoms with van der Waals surface area (Å²) in [5.41, 5.74) is 0.146. The second kappa shape index (κ2) is 15.3. The Morgan fingerprint density at radius 3 is 2.06 bits per heavy atom. The van der Waals surface area contributed by atoms with Gasteiger partial charge in [0.1, 0.15) is 23.8 Å². The molecule has 0 bridgehead atoms. The van der Waals surface area contributed by atoms with E-state index in [9.17, 15) is 9.59 Å². The second-order valence-corrected chi connectivity index (χ2v) is 22.9. The van der Waals surface area contributed by atoms with Gasteiger partial charge in [0.05, 0.1) is 6.61 Å². The van der Waals surface area contributed by atoms with Gasteiger partial charge in [-0.15, -0.1) is 0 Å². The maximum Gasteiger partial charge on any atom is 0.358 e. The highest BCUT2D eigenvalue weighted by Crippen LogP contribution is 2.48. The molecular weight excluding hydrogens is 680 g/mol. The summed E-state index contributed by atoms with van der Waals surface area (Å²) in [6.07, 6.45) is -1.79. The fraction of sp³-hybridized carbons (Fsp3) is 0.486. The average molecular weight is 727 g/mol. The molecule has 0 saturated carbocycles. The Balaban J connectivity index is 1.54. The molecule has 49 heavy (non-hydrogen) atoms. The minimum atomic E-state index is -3.10. The van der Waals surface area contributed by atoms with Crippen LogP contribution in [0.25, 0.3) is 0 Å². The van der Waals surface area contributed by atoms with Crippen LogP contribution in [0.3, 0.4) is 0 Å². The summed E-state index contributed by atoms with van der Waals surface area (Å²) in [5.74, 6) is 0.214. The van der Waals surface area contributed by atoms with Crippen molar-refractivity contribution >= 4 is 46.3 Å². The van der Waals surface area contributed by atoms with Gasteiger partial charge in [0, 0.05) is 24.0 Å². The second-order valence-electron chi connectivity index (χ2n) is 13.7. The van der Waals surface area contributed by atoms with Crippen LogP contribution in [-0.2, 0) is 22.4 Å². The van der Waals surface area contributed by atoms with Crippen LogP contribution in [0.5, 0.6) is 5.75 Å². The normalized spacial score (nSPS) is 23.2. The van der Waals surface area contributed by atoms with E-state index in [0.29, 0.717) is 11.3 Å². The number of aromatic nitrogens is 2. The third kappa shape index (κ3) is 7.75. The smallest absolute Gasteiger partial charge is 0.358 e. The first-order valence-electron chi connectivity index (χ1n) is 16.8. The van der Waals surface area contributed by atoms with E-state index in [1.807, 2.05) is 24.3 Å². The molecule has 11 nitrogen and oxygen atoms in total. The first kappa shape index (κ1) is 37.0. The molecule has 1 N–H and O–H groups in total. The fourth-order valence-electron chi connectivity index (χ4n) is 6.65. The van der Waals surface area contributed by atoms with Crippen LogP contribution in [0.15, 0.2) is 77.7 Å². The van der Waals surface area contributed by atoms with Gasteiger partial charge in [-0.25, -0.2) is 4.79 Å². The molecule has 2 aromatic carbocycles. The Labute approximate surface area is 295 Å². The fourth-order valence-corrected chi connectivity index (χ4v) is 18.1. The molecule has 1 amide bonds. The quantitative estimate of drug-likeness (QED) is 0.139. The van der Waals surface area contributed by atoms with E-state index >= 15 is 0 Å². The summed E-state index contributed by atoms with van der Waals surface area (Å²) in [7, 11) is -5.96. The van der Waals surface area contributed by atoms with Gasteiger partial charge in [-0.3, -0.25) is 9.36 Å². The van der Waals surface area contributed by atoms with Crippen molar-refractivity contribution in [3.63, 3.8) is 0 Å². The number of hydrogen-bond acceptors (Lipinski definition) is 10. The molecular formula is C35H47N3O8SSi2. The van der Waals surface area contributed by atoms with Crippen LogP contribution >= 0.6 is 12.2 Å². The van der Waals surface area contributed by atoms with Gasteiger partial charge in [0.15, 0.2) is 12.3 Å². The van der Waals surface area contributed by atoms with Crippen molar-refractivity contribution in [2.75, 3.05) is 11.9 Å². The number of para-hydroxylation sites is 1. The molecule has 264 valence electrons. The van der Waals surface area contributed by atoms with Crippen molar-refractivity contribution in [3.8, 4) is 5.75 Å². The lowest BCUT2D eigenvalue weighted by Crippen LogP contribution is -2.66. The van der Waals surface area contributed by atoms with Crippen LogP contribution in [0.1, 0.15) is 72.0 Å². The molecule has 3 aromatic rings. The number of anilines is 1. The topological polar surface area (TPSA) is 119 Å². The zero-order valence-electron chi connectivity index (χ0n) is 29.3. The standard InChI is InChI=1S/C35H47N3O8SSi2/c1-22(2)48(23(3)4)41-21-28-30(45-49(46-48,24(5)6)25(7)8)31(44-35(47)42-27-17-13-10-14-18-27)33(43-28)38-20-19-29(37-34(38)40)36-32(39)26-15-11-9-12-16-26/h9-20,22-25,28,30-31,33H,21H2,1-8H3,(H,36,37,39,40)/t28-,30-,31-,33-/m1/s1/i21+1. The van der Waals surface area contributed by atoms with Gasteiger partial charge < -0.3 is 32.5 Å². The number of benzene rings is 2. The molecule has 4 atom stereocenters. The largest absolute Gasteiger partial charge is 0.446 e. The highest BCUT2D eigenvalue weighted by Gasteiger charge is 2.62. The van der Waals surface area contributed by atoms with Gasteiger partial charge in [0.25, 0.3) is 5.91 Å². The van der Waals surface area contributed by atoms with Crippen LogP contribution in [0.4, 0.5) is 5.82 Å². The number of nitrogens with zero attached hydrogens (tertiary/aromatic N) is 2. The predicted octanol–water partition coefficient (Wildman–Crippen LogP) is 7.10. The van der Waals surface area contributed by atoms with Crippen molar-refractivity contribution in [2.45, 2.75) is 102 Å². The maximum atomic E-state index is 13.7. The van der Waals surface area contributed by atoms with Gasteiger partial charge >= 0.3 is 28.0 Å². The summed E-state index contributed by atoms with van der Waals surface area (Å²) in [5, 5.41) is 2.54. The Morgan fingerprint density at radius 2 is 1.49 bits per heavy atom. The average Bonchev–Trinajstić information content (AvgIpc) is 3.36. The van der Waals surface area contributed by atoms with Crippen molar-refractivity contribution in [1.82, 2.24) is 9.55 Å².